The van der Waals surface area contributed by atoms with E-state index in [9.17, 15) is 9.18 Å². The van der Waals surface area contributed by atoms with Crippen LogP contribution < -0.4 is 5.32 Å². The van der Waals surface area contributed by atoms with Crippen molar-refractivity contribution in [2.45, 2.75) is 19.4 Å². The number of ether oxygens (including phenoxy) is 1. The van der Waals surface area contributed by atoms with E-state index < -0.39 is 5.95 Å². The Balaban J connectivity index is 1.96. The van der Waals surface area contributed by atoms with Crippen LogP contribution in [0.2, 0.25) is 0 Å². The summed E-state index contributed by atoms with van der Waals surface area (Å²) in [5, 5.41) is 2.85. The Labute approximate surface area is 99.2 Å². The smallest absolute Gasteiger partial charge is 0.251 e. The predicted molar refractivity (Wildman–Crippen MR) is 60.0 cm³/mol. The van der Waals surface area contributed by atoms with Crippen LogP contribution in [-0.2, 0) is 4.74 Å². The molecule has 0 aliphatic carbocycles. The van der Waals surface area contributed by atoms with Crippen LogP contribution in [0.4, 0.5) is 4.39 Å². The van der Waals surface area contributed by atoms with Crippen molar-refractivity contribution in [2.75, 3.05) is 13.2 Å². The summed E-state index contributed by atoms with van der Waals surface area (Å²) < 4.78 is 18.1. The van der Waals surface area contributed by atoms with Gasteiger partial charge >= 0.3 is 0 Å². The molecule has 1 aromatic heterocycles. The minimum absolute atomic E-state index is 0.0289. The van der Waals surface area contributed by atoms with Gasteiger partial charge in [0.2, 0.25) is 5.95 Å². The number of hydrogen-bond donors (Lipinski definition) is 1. The van der Waals surface area contributed by atoms with Gasteiger partial charge in [-0.05, 0) is 19.4 Å². The predicted octanol–water partition coefficient (Wildman–Crippen LogP) is 1.38. The van der Waals surface area contributed by atoms with E-state index in [0.29, 0.717) is 18.1 Å². The first-order chi connectivity index (χ1) is 8.16. The molecule has 0 bridgehead atoms. The van der Waals surface area contributed by atoms with Gasteiger partial charge in [-0.25, -0.2) is 4.98 Å². The summed E-state index contributed by atoms with van der Waals surface area (Å²) in [5.74, 6) is -0.578. The molecule has 1 fully saturated rings. The number of carbonyl (C=O) groups is 1. The van der Waals surface area contributed by atoms with Crippen molar-refractivity contribution in [1.82, 2.24) is 10.3 Å². The van der Waals surface area contributed by atoms with E-state index in [2.05, 4.69) is 10.3 Å². The maximum absolute atomic E-state index is 12.9. The summed E-state index contributed by atoms with van der Waals surface area (Å²) in [6, 6.07) is 2.66. The molecular formula is C12H15FN2O2. The molecule has 5 heteroatoms. The second-order valence-electron chi connectivity index (χ2n) is 4.25. The standard InChI is InChI=1S/C12H15FN2O2/c1-8(10-3-5-17-7-10)15-12(16)9-2-4-14-11(13)6-9/h2,4,6,8,10H,3,5,7H2,1H3,(H,15,16). The highest BCUT2D eigenvalue weighted by Gasteiger charge is 2.23. The molecule has 1 aromatic rings. The van der Waals surface area contributed by atoms with Gasteiger partial charge in [0.1, 0.15) is 0 Å². The average Bonchev–Trinajstić information content (AvgIpc) is 2.82. The van der Waals surface area contributed by atoms with Gasteiger partial charge in [-0.2, -0.15) is 4.39 Å². The second-order valence-corrected chi connectivity index (χ2v) is 4.25. The summed E-state index contributed by atoms with van der Waals surface area (Å²) >= 11 is 0. The number of amides is 1. The van der Waals surface area contributed by atoms with E-state index in [0.717, 1.165) is 19.1 Å². The van der Waals surface area contributed by atoms with Crippen LogP contribution in [0.1, 0.15) is 23.7 Å². The third-order valence-corrected chi connectivity index (χ3v) is 3.02. The SMILES string of the molecule is CC(NC(=O)c1ccnc(F)c1)C1CCOC1. The molecule has 1 aliphatic heterocycles. The van der Waals surface area contributed by atoms with Crippen molar-refractivity contribution < 1.29 is 13.9 Å². The Hall–Kier alpha value is -1.49. The summed E-state index contributed by atoms with van der Waals surface area (Å²) in [7, 11) is 0. The van der Waals surface area contributed by atoms with E-state index in [1.807, 2.05) is 6.92 Å². The van der Waals surface area contributed by atoms with Crippen LogP contribution in [0.3, 0.4) is 0 Å². The zero-order valence-electron chi connectivity index (χ0n) is 9.65. The maximum atomic E-state index is 12.9. The maximum Gasteiger partial charge on any atom is 0.251 e. The van der Waals surface area contributed by atoms with Crippen LogP contribution in [0, 0.1) is 11.9 Å². The third-order valence-electron chi connectivity index (χ3n) is 3.02. The number of nitrogens with zero attached hydrogens (tertiary/aromatic N) is 1. The number of carbonyl (C=O) groups excluding carboxylic acids is 1. The molecule has 2 atom stereocenters. The molecule has 1 N–H and O–H groups in total. The Morgan fingerprint density at radius 1 is 1.71 bits per heavy atom. The Bertz CT molecular complexity index is 405. The summed E-state index contributed by atoms with van der Waals surface area (Å²) in [4.78, 5) is 15.2. The van der Waals surface area contributed by atoms with Crippen molar-refractivity contribution in [3.8, 4) is 0 Å². The minimum atomic E-state index is -0.644. The van der Waals surface area contributed by atoms with Gasteiger partial charge in [-0.15, -0.1) is 0 Å². The molecule has 4 nitrogen and oxygen atoms in total. The molecule has 2 rings (SSSR count). The molecular weight excluding hydrogens is 223 g/mol. The zero-order chi connectivity index (χ0) is 12.3. The van der Waals surface area contributed by atoms with Crippen molar-refractivity contribution in [1.29, 1.82) is 0 Å². The fourth-order valence-corrected chi connectivity index (χ4v) is 1.90. The first kappa shape index (κ1) is 12.0. The van der Waals surface area contributed by atoms with Crippen molar-refractivity contribution in [3.63, 3.8) is 0 Å². The van der Waals surface area contributed by atoms with E-state index in [1.165, 1.54) is 12.3 Å². The molecule has 92 valence electrons. The Morgan fingerprint density at radius 2 is 2.53 bits per heavy atom. The van der Waals surface area contributed by atoms with Gasteiger partial charge in [-0.3, -0.25) is 4.79 Å². The van der Waals surface area contributed by atoms with Crippen LogP contribution in [0.15, 0.2) is 18.3 Å². The van der Waals surface area contributed by atoms with Crippen molar-refractivity contribution in [3.05, 3.63) is 29.8 Å². The lowest BCUT2D eigenvalue weighted by Crippen LogP contribution is -2.38. The molecule has 0 radical (unpaired) electrons. The lowest BCUT2D eigenvalue weighted by atomic mass is 10.0. The fraction of sp³-hybridized carbons (Fsp3) is 0.500. The summed E-state index contributed by atoms with van der Waals surface area (Å²) in [6.45, 7) is 3.36. The second kappa shape index (κ2) is 5.23. The van der Waals surface area contributed by atoms with Crippen LogP contribution >= 0.6 is 0 Å². The van der Waals surface area contributed by atoms with Crippen molar-refractivity contribution >= 4 is 5.91 Å². The molecule has 1 amide bonds. The number of rotatable bonds is 3. The monoisotopic (exact) mass is 238 g/mol. The normalized spacial score (nSPS) is 21.2. The molecule has 0 spiro atoms. The van der Waals surface area contributed by atoms with Crippen LogP contribution in [0.5, 0.6) is 0 Å². The largest absolute Gasteiger partial charge is 0.381 e. The summed E-state index contributed by atoms with van der Waals surface area (Å²) in [5.41, 5.74) is 0.295. The van der Waals surface area contributed by atoms with Gasteiger partial charge in [0, 0.05) is 36.4 Å². The first-order valence-electron chi connectivity index (χ1n) is 5.67. The number of halogens is 1. The highest BCUT2D eigenvalue weighted by Crippen LogP contribution is 2.16. The van der Waals surface area contributed by atoms with Gasteiger partial charge in [0.15, 0.2) is 0 Å². The third kappa shape index (κ3) is 3.00. The van der Waals surface area contributed by atoms with Gasteiger partial charge in [0.25, 0.3) is 5.91 Å². The lowest BCUT2D eigenvalue weighted by molar-refractivity contribution is 0.0921. The average molecular weight is 238 g/mol. The number of pyridine rings is 1. The molecule has 0 aromatic carbocycles. The molecule has 17 heavy (non-hydrogen) atoms. The fourth-order valence-electron chi connectivity index (χ4n) is 1.90. The first-order valence-corrected chi connectivity index (χ1v) is 5.67. The molecule has 1 aliphatic rings. The Morgan fingerprint density at radius 3 is 3.18 bits per heavy atom. The zero-order valence-corrected chi connectivity index (χ0v) is 9.65. The van der Waals surface area contributed by atoms with E-state index in [1.54, 1.807) is 0 Å². The van der Waals surface area contributed by atoms with Gasteiger partial charge < -0.3 is 10.1 Å². The molecule has 2 heterocycles. The molecule has 2 unspecified atom stereocenters. The van der Waals surface area contributed by atoms with Gasteiger partial charge in [0.05, 0.1) is 6.61 Å². The van der Waals surface area contributed by atoms with Crippen molar-refractivity contribution in [2.24, 2.45) is 5.92 Å². The number of hydrogen-bond acceptors (Lipinski definition) is 3. The topological polar surface area (TPSA) is 51.2 Å². The quantitative estimate of drug-likeness (QED) is 0.809. The number of aromatic nitrogens is 1. The lowest BCUT2D eigenvalue weighted by Gasteiger charge is -2.19. The van der Waals surface area contributed by atoms with E-state index in [-0.39, 0.29) is 11.9 Å². The van der Waals surface area contributed by atoms with E-state index in [4.69, 9.17) is 4.74 Å². The number of nitrogens with one attached hydrogen (secondary N) is 1. The minimum Gasteiger partial charge on any atom is -0.381 e. The van der Waals surface area contributed by atoms with E-state index >= 15 is 0 Å². The van der Waals surface area contributed by atoms with Crippen LogP contribution in [-0.4, -0.2) is 30.1 Å². The van der Waals surface area contributed by atoms with Gasteiger partial charge in [-0.1, -0.05) is 0 Å². The molecule has 0 saturated carbocycles. The van der Waals surface area contributed by atoms with Crippen LogP contribution in [0.25, 0.3) is 0 Å². The molecule has 1 saturated heterocycles. The highest BCUT2D eigenvalue weighted by atomic mass is 19.1. The Kier molecular flexibility index (Phi) is 3.68. The highest BCUT2D eigenvalue weighted by molar-refractivity contribution is 5.94. The summed E-state index contributed by atoms with van der Waals surface area (Å²) in [6.07, 6.45) is 2.24.